The van der Waals surface area contributed by atoms with Crippen LogP contribution in [0.4, 0.5) is 5.69 Å². The molecular formula is C14H16N2OS. The highest BCUT2D eigenvalue weighted by atomic mass is 32.1. The molecule has 1 aromatic carbocycles. The van der Waals surface area contributed by atoms with Crippen LogP contribution in [0.1, 0.15) is 36.0 Å². The number of amides is 1. The van der Waals surface area contributed by atoms with Crippen LogP contribution >= 0.6 is 11.3 Å². The lowest BCUT2D eigenvalue weighted by atomic mass is 9.86. The van der Waals surface area contributed by atoms with Crippen molar-refractivity contribution in [3.8, 4) is 0 Å². The third-order valence-corrected chi connectivity index (χ3v) is 3.41. The van der Waals surface area contributed by atoms with Crippen molar-refractivity contribution in [2.45, 2.75) is 26.2 Å². The summed E-state index contributed by atoms with van der Waals surface area (Å²) in [5.74, 6) is -0.103. The molecule has 0 aliphatic carbocycles. The van der Waals surface area contributed by atoms with E-state index in [1.807, 2.05) is 24.3 Å². The fourth-order valence-electron chi connectivity index (χ4n) is 1.76. The second-order valence-electron chi connectivity index (χ2n) is 5.12. The van der Waals surface area contributed by atoms with Gasteiger partial charge in [-0.1, -0.05) is 39.0 Å². The first-order chi connectivity index (χ1) is 8.48. The van der Waals surface area contributed by atoms with E-state index >= 15 is 0 Å². The molecule has 4 heteroatoms. The average Bonchev–Trinajstić information content (AvgIpc) is 2.81. The summed E-state index contributed by atoms with van der Waals surface area (Å²) in [5, 5.41) is 2.95. The number of hydrogen-bond donors (Lipinski definition) is 1. The molecule has 1 N–H and O–H groups in total. The Balaban J connectivity index is 2.27. The lowest BCUT2D eigenvalue weighted by molar-refractivity contribution is 0.103. The molecule has 1 heterocycles. The summed E-state index contributed by atoms with van der Waals surface area (Å²) in [6.07, 6.45) is 1.58. The van der Waals surface area contributed by atoms with Crippen LogP contribution in [-0.4, -0.2) is 10.9 Å². The first-order valence-electron chi connectivity index (χ1n) is 5.78. The minimum atomic E-state index is -0.103. The number of aromatic nitrogens is 1. The summed E-state index contributed by atoms with van der Waals surface area (Å²) >= 11 is 1.34. The van der Waals surface area contributed by atoms with Crippen molar-refractivity contribution in [2.24, 2.45) is 0 Å². The first kappa shape index (κ1) is 12.8. The largest absolute Gasteiger partial charge is 0.321 e. The fourth-order valence-corrected chi connectivity index (χ4v) is 2.27. The third-order valence-electron chi connectivity index (χ3n) is 2.64. The van der Waals surface area contributed by atoms with E-state index < -0.39 is 0 Å². The highest BCUT2D eigenvalue weighted by molar-refractivity contribution is 7.11. The molecule has 3 nitrogen and oxygen atoms in total. The van der Waals surface area contributed by atoms with E-state index in [0.29, 0.717) is 4.88 Å². The van der Waals surface area contributed by atoms with Gasteiger partial charge >= 0.3 is 0 Å². The van der Waals surface area contributed by atoms with Gasteiger partial charge in [-0.25, -0.2) is 0 Å². The van der Waals surface area contributed by atoms with Crippen molar-refractivity contribution < 1.29 is 4.79 Å². The Hall–Kier alpha value is -1.68. The monoisotopic (exact) mass is 260 g/mol. The molecule has 0 unspecified atom stereocenters. The number of carbonyl (C=O) groups is 1. The third kappa shape index (κ3) is 2.76. The quantitative estimate of drug-likeness (QED) is 0.894. The minimum Gasteiger partial charge on any atom is -0.321 e. The molecule has 0 aliphatic heterocycles. The molecule has 2 rings (SSSR count). The number of carbonyl (C=O) groups excluding carboxylic acids is 1. The first-order valence-corrected chi connectivity index (χ1v) is 6.66. The van der Waals surface area contributed by atoms with Gasteiger partial charge < -0.3 is 5.32 Å². The number of para-hydroxylation sites is 1. The van der Waals surface area contributed by atoms with E-state index in [9.17, 15) is 4.79 Å². The van der Waals surface area contributed by atoms with E-state index in [4.69, 9.17) is 0 Å². The molecule has 0 saturated carbocycles. The number of rotatable bonds is 2. The van der Waals surface area contributed by atoms with Crippen LogP contribution in [0.5, 0.6) is 0 Å². The van der Waals surface area contributed by atoms with E-state index in [1.165, 1.54) is 11.3 Å². The van der Waals surface area contributed by atoms with Gasteiger partial charge in [-0.15, -0.1) is 11.3 Å². The van der Waals surface area contributed by atoms with Crippen LogP contribution in [0.2, 0.25) is 0 Å². The lowest BCUT2D eigenvalue weighted by Crippen LogP contribution is -2.18. The summed E-state index contributed by atoms with van der Waals surface area (Å²) in [6.45, 7) is 6.39. The van der Waals surface area contributed by atoms with Gasteiger partial charge in [0.15, 0.2) is 0 Å². The standard InChI is InChI=1S/C14H16N2OS/c1-14(2,3)10-6-4-5-7-11(10)16-13(17)12-8-15-9-18-12/h4-9H,1-3H3,(H,16,17). The van der Waals surface area contributed by atoms with E-state index in [1.54, 1.807) is 11.7 Å². The summed E-state index contributed by atoms with van der Waals surface area (Å²) in [4.78, 5) is 16.6. The molecular weight excluding hydrogens is 244 g/mol. The van der Waals surface area contributed by atoms with Crippen molar-refractivity contribution in [1.82, 2.24) is 4.98 Å². The number of thiazole rings is 1. The normalized spacial score (nSPS) is 11.3. The van der Waals surface area contributed by atoms with Gasteiger partial charge in [-0.05, 0) is 17.0 Å². The number of nitrogens with zero attached hydrogens (tertiary/aromatic N) is 1. The Labute approximate surface area is 111 Å². The van der Waals surface area contributed by atoms with Crippen molar-refractivity contribution in [3.63, 3.8) is 0 Å². The van der Waals surface area contributed by atoms with E-state index in [2.05, 4.69) is 31.1 Å². The highest BCUT2D eigenvalue weighted by Gasteiger charge is 2.19. The molecule has 0 aliphatic rings. The maximum absolute atomic E-state index is 12.0. The molecule has 1 amide bonds. The van der Waals surface area contributed by atoms with Gasteiger partial charge in [-0.3, -0.25) is 9.78 Å². The number of nitrogens with one attached hydrogen (secondary N) is 1. The zero-order valence-electron chi connectivity index (χ0n) is 10.7. The average molecular weight is 260 g/mol. The number of hydrogen-bond acceptors (Lipinski definition) is 3. The van der Waals surface area contributed by atoms with Crippen LogP contribution in [0.3, 0.4) is 0 Å². The summed E-state index contributed by atoms with van der Waals surface area (Å²) in [7, 11) is 0. The Kier molecular flexibility index (Phi) is 3.48. The molecule has 18 heavy (non-hydrogen) atoms. The Morgan fingerprint density at radius 2 is 2.00 bits per heavy atom. The van der Waals surface area contributed by atoms with Crippen molar-refractivity contribution in [1.29, 1.82) is 0 Å². The van der Waals surface area contributed by atoms with Crippen LogP contribution in [-0.2, 0) is 5.41 Å². The molecule has 0 bridgehead atoms. The van der Waals surface area contributed by atoms with Gasteiger partial charge in [0.25, 0.3) is 5.91 Å². The second kappa shape index (κ2) is 4.90. The summed E-state index contributed by atoms with van der Waals surface area (Å²) < 4.78 is 0. The lowest BCUT2D eigenvalue weighted by Gasteiger charge is -2.22. The molecule has 0 atom stereocenters. The molecule has 2 aromatic rings. The van der Waals surface area contributed by atoms with E-state index in [-0.39, 0.29) is 11.3 Å². The van der Waals surface area contributed by atoms with Gasteiger partial charge in [0.05, 0.1) is 11.7 Å². The minimum absolute atomic E-state index is 0.00241. The van der Waals surface area contributed by atoms with Crippen LogP contribution in [0, 0.1) is 0 Å². The van der Waals surface area contributed by atoms with Crippen LogP contribution in [0.15, 0.2) is 36.0 Å². The maximum atomic E-state index is 12.0. The topological polar surface area (TPSA) is 42.0 Å². The van der Waals surface area contributed by atoms with Gasteiger partial charge in [0.2, 0.25) is 0 Å². The van der Waals surface area contributed by atoms with Crippen LogP contribution < -0.4 is 5.32 Å². The molecule has 0 saturated heterocycles. The summed E-state index contributed by atoms with van der Waals surface area (Å²) in [5.41, 5.74) is 3.65. The fraction of sp³-hybridized carbons (Fsp3) is 0.286. The second-order valence-corrected chi connectivity index (χ2v) is 6.00. The van der Waals surface area contributed by atoms with Crippen molar-refractivity contribution in [2.75, 3.05) is 5.32 Å². The highest BCUT2D eigenvalue weighted by Crippen LogP contribution is 2.29. The SMILES string of the molecule is CC(C)(C)c1ccccc1NC(=O)c1cncs1. The zero-order chi connectivity index (χ0) is 13.2. The Morgan fingerprint density at radius 1 is 1.28 bits per heavy atom. The smallest absolute Gasteiger partial charge is 0.267 e. The summed E-state index contributed by atoms with van der Waals surface area (Å²) in [6, 6.07) is 7.89. The maximum Gasteiger partial charge on any atom is 0.267 e. The Bertz CT molecular complexity index is 541. The van der Waals surface area contributed by atoms with Crippen molar-refractivity contribution >= 4 is 22.9 Å². The molecule has 1 aromatic heterocycles. The van der Waals surface area contributed by atoms with Gasteiger partial charge in [-0.2, -0.15) is 0 Å². The number of benzene rings is 1. The predicted octanol–water partition coefficient (Wildman–Crippen LogP) is 3.69. The predicted molar refractivity (Wildman–Crippen MR) is 75.2 cm³/mol. The van der Waals surface area contributed by atoms with Crippen molar-refractivity contribution in [3.05, 3.63) is 46.4 Å². The molecule has 0 spiro atoms. The zero-order valence-corrected chi connectivity index (χ0v) is 11.5. The molecule has 0 radical (unpaired) electrons. The molecule has 94 valence electrons. The molecule has 0 fully saturated rings. The van der Waals surface area contributed by atoms with E-state index in [0.717, 1.165) is 11.3 Å². The van der Waals surface area contributed by atoms with Crippen LogP contribution in [0.25, 0.3) is 0 Å². The van der Waals surface area contributed by atoms with Gasteiger partial charge in [0.1, 0.15) is 4.88 Å². The number of anilines is 1. The Morgan fingerprint density at radius 3 is 2.61 bits per heavy atom. The van der Waals surface area contributed by atoms with Gasteiger partial charge in [0, 0.05) is 5.69 Å².